The highest BCUT2D eigenvalue weighted by Gasteiger charge is 2.36. The van der Waals surface area contributed by atoms with Gasteiger partial charge in [-0.25, -0.2) is 18.3 Å². The Morgan fingerprint density at radius 3 is 2.62 bits per heavy atom. The van der Waals surface area contributed by atoms with E-state index in [4.69, 9.17) is 0 Å². The van der Waals surface area contributed by atoms with Crippen LogP contribution in [0.2, 0.25) is 0 Å². The van der Waals surface area contributed by atoms with Crippen LogP contribution in [0.4, 0.5) is 8.78 Å². The van der Waals surface area contributed by atoms with Crippen LogP contribution in [0, 0.1) is 17.6 Å². The molecular formula is C18H20F2N2O2. The number of carboxylic acids is 1. The van der Waals surface area contributed by atoms with Crippen LogP contribution in [0.25, 0.3) is 5.69 Å². The first kappa shape index (κ1) is 16.6. The molecular weight excluding hydrogens is 314 g/mol. The predicted octanol–water partition coefficient (Wildman–Crippen LogP) is 4.49. The second kappa shape index (κ2) is 6.00. The molecule has 0 saturated heterocycles. The molecule has 128 valence electrons. The monoisotopic (exact) mass is 334 g/mol. The lowest BCUT2D eigenvalue weighted by molar-refractivity contribution is 0.0688. The fourth-order valence-electron chi connectivity index (χ4n) is 3.64. The van der Waals surface area contributed by atoms with Gasteiger partial charge in [-0.05, 0) is 36.8 Å². The third kappa shape index (κ3) is 2.60. The van der Waals surface area contributed by atoms with E-state index in [0.29, 0.717) is 5.56 Å². The molecule has 0 amide bonds. The van der Waals surface area contributed by atoms with Gasteiger partial charge >= 0.3 is 5.97 Å². The normalized spacial score (nSPS) is 20.2. The molecule has 1 unspecified atom stereocenters. The van der Waals surface area contributed by atoms with Gasteiger partial charge in [0.2, 0.25) is 0 Å². The summed E-state index contributed by atoms with van der Waals surface area (Å²) in [7, 11) is 0. The molecule has 0 radical (unpaired) electrons. The fourth-order valence-corrected chi connectivity index (χ4v) is 3.64. The van der Waals surface area contributed by atoms with Gasteiger partial charge < -0.3 is 5.11 Å². The smallest absolute Gasteiger partial charge is 0.356 e. The van der Waals surface area contributed by atoms with Gasteiger partial charge in [0.15, 0.2) is 11.5 Å². The number of fused-ring (bicyclic) bond motifs is 1. The standard InChI is InChI=1S/C18H20F2N2O2/c1-9(2)12-6-4-10(3)15-16(18(23)24)21-22(17(12)15)14-7-5-11(19)8-13(14)20/h5,7-10,12H,4,6H2,1-3H3,(H,23,24)/t10-,12?/m1/s1. The van der Waals surface area contributed by atoms with E-state index in [1.165, 1.54) is 10.7 Å². The zero-order valence-corrected chi connectivity index (χ0v) is 13.9. The number of benzene rings is 1. The molecule has 24 heavy (non-hydrogen) atoms. The lowest BCUT2D eigenvalue weighted by atomic mass is 9.75. The highest BCUT2D eigenvalue weighted by atomic mass is 19.1. The Bertz CT molecular complexity index is 799. The Labute approximate surface area is 139 Å². The van der Waals surface area contributed by atoms with Crippen molar-refractivity contribution in [3.63, 3.8) is 0 Å². The van der Waals surface area contributed by atoms with Gasteiger partial charge in [-0.15, -0.1) is 0 Å². The Kier molecular flexibility index (Phi) is 4.15. The lowest BCUT2D eigenvalue weighted by Gasteiger charge is -2.30. The molecule has 6 heteroatoms. The van der Waals surface area contributed by atoms with E-state index < -0.39 is 17.6 Å². The summed E-state index contributed by atoms with van der Waals surface area (Å²) in [4.78, 5) is 11.6. The minimum Gasteiger partial charge on any atom is -0.476 e. The van der Waals surface area contributed by atoms with Crippen LogP contribution in [0.15, 0.2) is 18.2 Å². The number of aromatic nitrogens is 2. The molecule has 1 aromatic carbocycles. The summed E-state index contributed by atoms with van der Waals surface area (Å²) in [6.07, 6.45) is 1.76. The molecule has 3 rings (SSSR count). The molecule has 2 atom stereocenters. The molecule has 0 fully saturated rings. The molecule has 0 spiro atoms. The molecule has 0 saturated carbocycles. The van der Waals surface area contributed by atoms with E-state index in [1.54, 1.807) is 0 Å². The van der Waals surface area contributed by atoms with E-state index in [-0.39, 0.29) is 29.1 Å². The van der Waals surface area contributed by atoms with Crippen LogP contribution in [0.5, 0.6) is 0 Å². The maximum absolute atomic E-state index is 14.3. The van der Waals surface area contributed by atoms with Crippen molar-refractivity contribution in [2.75, 3.05) is 0 Å². The largest absolute Gasteiger partial charge is 0.476 e. The minimum atomic E-state index is -1.12. The first-order chi connectivity index (χ1) is 11.3. The molecule has 1 heterocycles. The summed E-state index contributed by atoms with van der Waals surface area (Å²) < 4.78 is 28.9. The van der Waals surface area contributed by atoms with Crippen LogP contribution in [0.1, 0.15) is 67.2 Å². The van der Waals surface area contributed by atoms with Crippen LogP contribution in [-0.2, 0) is 0 Å². The Hall–Kier alpha value is -2.24. The second-order valence-electron chi connectivity index (χ2n) is 6.79. The Balaban J connectivity index is 2.30. The summed E-state index contributed by atoms with van der Waals surface area (Å²) in [5.74, 6) is -2.16. The van der Waals surface area contributed by atoms with Crippen LogP contribution in [-0.4, -0.2) is 20.9 Å². The first-order valence-electron chi connectivity index (χ1n) is 8.12. The molecule has 2 aromatic rings. The van der Waals surface area contributed by atoms with Gasteiger partial charge in [-0.3, -0.25) is 0 Å². The lowest BCUT2D eigenvalue weighted by Crippen LogP contribution is -2.20. The number of carbonyl (C=O) groups is 1. The average molecular weight is 334 g/mol. The van der Waals surface area contributed by atoms with Gasteiger partial charge in [0.1, 0.15) is 11.5 Å². The summed E-state index contributed by atoms with van der Waals surface area (Å²) in [6.45, 7) is 6.08. The van der Waals surface area contributed by atoms with Crippen molar-refractivity contribution in [2.24, 2.45) is 5.92 Å². The number of carboxylic acid groups (broad SMARTS) is 1. The van der Waals surface area contributed by atoms with Crippen molar-refractivity contribution in [1.29, 1.82) is 0 Å². The maximum atomic E-state index is 14.3. The van der Waals surface area contributed by atoms with Crippen molar-refractivity contribution >= 4 is 5.97 Å². The number of nitrogens with zero attached hydrogens (tertiary/aromatic N) is 2. The molecule has 1 N–H and O–H groups in total. The number of hydrogen-bond acceptors (Lipinski definition) is 2. The van der Waals surface area contributed by atoms with Gasteiger partial charge in [0, 0.05) is 17.5 Å². The molecule has 1 aromatic heterocycles. The van der Waals surface area contributed by atoms with Gasteiger partial charge in [-0.1, -0.05) is 20.8 Å². The second-order valence-corrected chi connectivity index (χ2v) is 6.79. The highest BCUT2D eigenvalue weighted by Crippen LogP contribution is 2.44. The zero-order chi connectivity index (χ0) is 17.6. The van der Waals surface area contributed by atoms with E-state index in [9.17, 15) is 18.7 Å². The summed E-state index contributed by atoms with van der Waals surface area (Å²) in [6, 6.07) is 3.25. The van der Waals surface area contributed by atoms with Crippen molar-refractivity contribution < 1.29 is 18.7 Å². The average Bonchev–Trinajstić information content (AvgIpc) is 2.88. The quantitative estimate of drug-likeness (QED) is 0.900. The molecule has 1 aliphatic rings. The van der Waals surface area contributed by atoms with E-state index in [1.807, 2.05) is 6.92 Å². The first-order valence-corrected chi connectivity index (χ1v) is 8.12. The fraction of sp³-hybridized carbons (Fsp3) is 0.444. The third-order valence-corrected chi connectivity index (χ3v) is 4.86. The minimum absolute atomic E-state index is 0.0356. The third-order valence-electron chi connectivity index (χ3n) is 4.86. The SMILES string of the molecule is CC(C)C1CC[C@@H](C)c2c(C(=O)O)nn(-c3ccc(F)cc3F)c21. The summed E-state index contributed by atoms with van der Waals surface area (Å²) in [5, 5.41) is 13.7. The van der Waals surface area contributed by atoms with Gasteiger partial charge in [-0.2, -0.15) is 5.10 Å². The topological polar surface area (TPSA) is 55.1 Å². The zero-order valence-electron chi connectivity index (χ0n) is 13.9. The van der Waals surface area contributed by atoms with Gasteiger partial charge in [0.05, 0.1) is 5.69 Å². The van der Waals surface area contributed by atoms with Gasteiger partial charge in [0.25, 0.3) is 0 Å². The predicted molar refractivity (Wildman–Crippen MR) is 85.7 cm³/mol. The van der Waals surface area contributed by atoms with Crippen molar-refractivity contribution in [3.8, 4) is 5.69 Å². The number of rotatable bonds is 3. The summed E-state index contributed by atoms with van der Waals surface area (Å²) >= 11 is 0. The van der Waals surface area contributed by atoms with Crippen molar-refractivity contribution in [2.45, 2.75) is 45.4 Å². The molecule has 4 nitrogen and oxygen atoms in total. The Morgan fingerprint density at radius 1 is 1.33 bits per heavy atom. The molecule has 1 aliphatic carbocycles. The van der Waals surface area contributed by atoms with E-state index >= 15 is 0 Å². The van der Waals surface area contributed by atoms with E-state index in [2.05, 4.69) is 18.9 Å². The van der Waals surface area contributed by atoms with Crippen LogP contribution >= 0.6 is 0 Å². The van der Waals surface area contributed by atoms with Crippen molar-refractivity contribution in [3.05, 3.63) is 46.8 Å². The van der Waals surface area contributed by atoms with Crippen LogP contribution in [0.3, 0.4) is 0 Å². The van der Waals surface area contributed by atoms with Crippen LogP contribution < -0.4 is 0 Å². The summed E-state index contributed by atoms with van der Waals surface area (Å²) in [5.41, 5.74) is 1.47. The molecule has 0 bridgehead atoms. The Morgan fingerprint density at radius 2 is 2.04 bits per heavy atom. The van der Waals surface area contributed by atoms with E-state index in [0.717, 1.165) is 30.7 Å². The highest BCUT2D eigenvalue weighted by molar-refractivity contribution is 5.88. The molecule has 0 aliphatic heterocycles. The number of hydrogen-bond donors (Lipinski definition) is 1. The number of aromatic carboxylic acids is 1. The van der Waals surface area contributed by atoms with Crippen molar-refractivity contribution in [1.82, 2.24) is 9.78 Å². The number of halogens is 2. The maximum Gasteiger partial charge on any atom is 0.356 e.